The minimum absolute atomic E-state index is 0.0318. The predicted molar refractivity (Wildman–Crippen MR) is 216 cm³/mol. The number of carbonyl (C=O) groups is 3. The molecule has 53 heavy (non-hydrogen) atoms. The van der Waals surface area contributed by atoms with Crippen LogP contribution in [-0.4, -0.2) is 70.4 Å². The van der Waals surface area contributed by atoms with Gasteiger partial charge in [-0.3, -0.25) is 10.1 Å². The molecule has 0 saturated carbocycles. The van der Waals surface area contributed by atoms with Gasteiger partial charge in [0.25, 0.3) is 14.2 Å². The average molecular weight is 794 g/mol. The molecule has 1 unspecified atom stereocenters. The van der Waals surface area contributed by atoms with Crippen molar-refractivity contribution in [1.29, 1.82) is 0 Å². The van der Waals surface area contributed by atoms with Gasteiger partial charge in [-0.15, -0.1) is 0 Å². The molecule has 1 atom stereocenters. The van der Waals surface area contributed by atoms with Crippen LogP contribution in [0.2, 0.25) is 34.8 Å². The number of hydrogen-bond donors (Lipinski definition) is 2. The van der Waals surface area contributed by atoms with E-state index in [0.29, 0.717) is 24.5 Å². The lowest BCUT2D eigenvalue weighted by atomic mass is 10.0. The fourth-order valence-corrected chi connectivity index (χ4v) is 12.8. The highest BCUT2D eigenvalue weighted by Crippen LogP contribution is 2.46. The maximum atomic E-state index is 14.5. The van der Waals surface area contributed by atoms with E-state index in [9.17, 15) is 23.9 Å². The van der Waals surface area contributed by atoms with Crippen molar-refractivity contribution in [2.45, 2.75) is 110 Å². The molecule has 294 valence electrons. The number of halogens is 2. The van der Waals surface area contributed by atoms with E-state index < -0.39 is 34.1 Å². The Morgan fingerprint density at radius 2 is 1.60 bits per heavy atom. The van der Waals surface area contributed by atoms with Crippen LogP contribution in [0.5, 0.6) is 11.5 Å². The summed E-state index contributed by atoms with van der Waals surface area (Å²) in [7, 11) is -3.10. The standard InChI is InChI=1S/C35H53FN2O6Si2.C4H5ClO2/c1-22(2)46(23(3)4,24(5)6)44-32-19-30(37-34(40)41)29(18-31(32)42-10)33(39)38-20-26(25-13-15-27(36)16-14-25)17-28(38)21-43-45(11,12)35(7,8)9;1-2-3-7-4(5)6/h13-16,18-20,22-24,28,37H,17,21H2,1-12H3,(H,40,41);2H,1,3H2. The monoisotopic (exact) mass is 792 g/mol. The van der Waals surface area contributed by atoms with Gasteiger partial charge in [0.15, 0.2) is 14.1 Å². The van der Waals surface area contributed by atoms with Gasteiger partial charge in [0.1, 0.15) is 18.2 Å². The first kappa shape index (κ1) is 45.5. The summed E-state index contributed by atoms with van der Waals surface area (Å²) in [5, 5.41) is 12.2. The van der Waals surface area contributed by atoms with Crippen molar-refractivity contribution >= 4 is 56.9 Å². The zero-order valence-electron chi connectivity index (χ0n) is 33.3. The Balaban J connectivity index is 0.00000126. The highest BCUT2D eigenvalue weighted by Gasteiger charge is 2.48. The molecule has 2 N–H and O–H groups in total. The van der Waals surface area contributed by atoms with Crippen LogP contribution in [-0.2, 0) is 9.16 Å². The average Bonchev–Trinajstić information content (AvgIpc) is 3.48. The number of nitrogens with one attached hydrogen (secondary N) is 1. The second-order valence-electron chi connectivity index (χ2n) is 15.5. The van der Waals surface area contributed by atoms with Gasteiger partial charge in [-0.05, 0) is 70.5 Å². The zero-order valence-corrected chi connectivity index (χ0v) is 36.0. The number of hydrogen-bond acceptors (Lipinski definition) is 7. The number of benzene rings is 2. The van der Waals surface area contributed by atoms with Crippen molar-refractivity contribution in [3.05, 3.63) is 72.2 Å². The van der Waals surface area contributed by atoms with E-state index in [4.69, 9.17) is 25.2 Å². The number of carboxylic acid groups (broad SMARTS) is 1. The van der Waals surface area contributed by atoms with E-state index in [2.05, 4.69) is 92.0 Å². The number of nitrogens with zero attached hydrogens (tertiary/aromatic N) is 1. The second-order valence-corrected chi connectivity index (χ2v) is 26.0. The third-order valence-corrected chi connectivity index (χ3v) is 20.7. The molecule has 1 aliphatic rings. The third kappa shape index (κ3) is 11.7. The molecule has 2 aromatic rings. The molecule has 0 radical (unpaired) electrons. The number of amides is 2. The van der Waals surface area contributed by atoms with E-state index in [1.807, 2.05) is 0 Å². The quantitative estimate of drug-likeness (QED) is 0.110. The van der Waals surface area contributed by atoms with Crippen molar-refractivity contribution < 1.29 is 42.2 Å². The Labute approximate surface area is 321 Å². The molecule has 2 aromatic carbocycles. The van der Waals surface area contributed by atoms with E-state index in [0.717, 1.165) is 11.1 Å². The van der Waals surface area contributed by atoms with Gasteiger partial charge >= 0.3 is 11.5 Å². The topological polar surface area (TPSA) is 124 Å². The fraction of sp³-hybridized carbons (Fsp3) is 0.513. The molecular formula is C39H58ClFN2O8Si2. The van der Waals surface area contributed by atoms with E-state index in [1.54, 1.807) is 35.4 Å². The molecule has 0 saturated heterocycles. The van der Waals surface area contributed by atoms with Gasteiger partial charge in [-0.2, -0.15) is 0 Å². The number of methoxy groups -OCH3 is 1. The lowest BCUT2D eigenvalue weighted by Crippen LogP contribution is -2.50. The minimum Gasteiger partial charge on any atom is -0.540 e. The van der Waals surface area contributed by atoms with Crippen LogP contribution in [0.25, 0.3) is 5.57 Å². The van der Waals surface area contributed by atoms with Gasteiger partial charge in [-0.1, -0.05) is 87.1 Å². The van der Waals surface area contributed by atoms with Crippen LogP contribution in [0.15, 0.2) is 55.3 Å². The second kappa shape index (κ2) is 19.1. The molecule has 0 spiro atoms. The number of carbonyl (C=O) groups excluding carboxylic acids is 2. The summed E-state index contributed by atoms with van der Waals surface area (Å²) >= 11 is 4.75. The zero-order chi connectivity index (χ0) is 40.5. The number of anilines is 1. The van der Waals surface area contributed by atoms with Crippen molar-refractivity contribution in [3.63, 3.8) is 0 Å². The molecule has 2 amide bonds. The largest absolute Gasteiger partial charge is 0.540 e. The fourth-order valence-electron chi connectivity index (χ4n) is 6.42. The van der Waals surface area contributed by atoms with Crippen molar-refractivity contribution in [1.82, 2.24) is 4.90 Å². The summed E-state index contributed by atoms with van der Waals surface area (Å²) in [4.78, 5) is 37.8. The number of rotatable bonds is 14. The van der Waals surface area contributed by atoms with Crippen LogP contribution >= 0.6 is 11.6 Å². The molecule has 0 fully saturated rings. The van der Waals surface area contributed by atoms with Crippen molar-refractivity contribution in [2.24, 2.45) is 0 Å². The Kier molecular flexibility index (Phi) is 16.4. The summed E-state index contributed by atoms with van der Waals surface area (Å²) in [6.45, 7) is 27.6. The van der Waals surface area contributed by atoms with Crippen molar-refractivity contribution in [3.8, 4) is 11.5 Å². The third-order valence-electron chi connectivity index (χ3n) is 10.1. The van der Waals surface area contributed by atoms with Gasteiger partial charge < -0.3 is 28.3 Å². The molecule has 1 heterocycles. The van der Waals surface area contributed by atoms with E-state index >= 15 is 0 Å². The highest BCUT2D eigenvalue weighted by molar-refractivity contribution is 6.78. The molecule has 14 heteroatoms. The molecule has 0 bridgehead atoms. The Bertz CT molecular complexity index is 1600. The Morgan fingerprint density at radius 1 is 1.04 bits per heavy atom. The molecule has 0 aliphatic carbocycles. The van der Waals surface area contributed by atoms with Gasteiger partial charge in [0.05, 0.1) is 31.0 Å². The summed E-state index contributed by atoms with van der Waals surface area (Å²) in [6.07, 6.45) is 2.41. The maximum absolute atomic E-state index is 14.5. The predicted octanol–water partition coefficient (Wildman–Crippen LogP) is 11.3. The lowest BCUT2D eigenvalue weighted by Gasteiger charge is -2.42. The van der Waals surface area contributed by atoms with Gasteiger partial charge in [0, 0.05) is 23.9 Å². The molecular weight excluding hydrogens is 735 g/mol. The molecule has 1 aliphatic heterocycles. The normalized spacial score (nSPS) is 14.8. The summed E-state index contributed by atoms with van der Waals surface area (Å²) in [6, 6.07) is 8.98. The maximum Gasteiger partial charge on any atom is 0.409 e. The van der Waals surface area contributed by atoms with Crippen LogP contribution < -0.4 is 14.5 Å². The van der Waals surface area contributed by atoms with Gasteiger partial charge in [-0.25, -0.2) is 14.0 Å². The van der Waals surface area contributed by atoms with E-state index in [1.165, 1.54) is 25.3 Å². The summed E-state index contributed by atoms with van der Waals surface area (Å²) < 4.78 is 37.2. The summed E-state index contributed by atoms with van der Waals surface area (Å²) in [5.74, 6) is 0.0162. The SMILES string of the molecule is C=CCOC(=O)Cl.COc1cc(C(=O)N2C=C(c3ccc(F)cc3)CC2CO[Si](C)(C)C(C)(C)C)c(NC(=O)O)cc1O[Si](C(C)C)(C(C)C)C(C)C. The van der Waals surface area contributed by atoms with Crippen LogP contribution in [0.4, 0.5) is 19.7 Å². The highest BCUT2D eigenvalue weighted by atomic mass is 35.5. The smallest absolute Gasteiger partial charge is 0.409 e. The molecule has 10 nitrogen and oxygen atoms in total. The van der Waals surface area contributed by atoms with Crippen LogP contribution in [0.1, 0.15) is 84.7 Å². The van der Waals surface area contributed by atoms with Crippen molar-refractivity contribution in [2.75, 3.05) is 25.6 Å². The molecule has 0 aromatic heterocycles. The van der Waals surface area contributed by atoms with Gasteiger partial charge in [0.2, 0.25) is 0 Å². The number of ether oxygens (including phenoxy) is 2. The van der Waals surface area contributed by atoms with Crippen LogP contribution in [0, 0.1) is 5.82 Å². The Morgan fingerprint density at radius 3 is 2.04 bits per heavy atom. The first-order valence-corrected chi connectivity index (χ1v) is 23.2. The first-order chi connectivity index (χ1) is 24.5. The first-order valence-electron chi connectivity index (χ1n) is 17.8. The Hall–Kier alpha value is -3.66. The minimum atomic E-state index is -2.45. The summed E-state index contributed by atoms with van der Waals surface area (Å²) in [5.41, 5.74) is 1.89. The molecule has 3 rings (SSSR count). The van der Waals surface area contributed by atoms with Crippen LogP contribution in [0.3, 0.4) is 0 Å². The van der Waals surface area contributed by atoms with E-state index in [-0.39, 0.29) is 51.4 Å². The lowest BCUT2D eigenvalue weighted by molar-refractivity contribution is 0.0738.